The van der Waals surface area contributed by atoms with E-state index in [-0.39, 0.29) is 0 Å². The standard InChI is InChI=1S/C25H23Cl2N3/c26-20-5-1-18(2-6-20)11-14-28-22-9-10-23-24(13-16-30-25(23)17-22)29-15-12-19-3-7-21(27)8-4-19/h1-10,13,16-17,28H,11-12,14-15H2,(H,29,30). The molecule has 3 aromatic carbocycles. The molecule has 0 aliphatic heterocycles. The Morgan fingerprint density at radius 3 is 1.90 bits per heavy atom. The molecule has 5 heteroatoms. The summed E-state index contributed by atoms with van der Waals surface area (Å²) >= 11 is 11.9. The predicted molar refractivity (Wildman–Crippen MR) is 129 cm³/mol. The Kier molecular flexibility index (Phi) is 6.73. The minimum Gasteiger partial charge on any atom is -0.385 e. The molecule has 4 rings (SSSR count). The maximum atomic E-state index is 5.96. The van der Waals surface area contributed by atoms with Crippen molar-refractivity contribution >= 4 is 45.5 Å². The first-order chi connectivity index (χ1) is 14.7. The van der Waals surface area contributed by atoms with Gasteiger partial charge in [0.05, 0.1) is 5.52 Å². The summed E-state index contributed by atoms with van der Waals surface area (Å²) in [6, 6.07) is 24.3. The minimum atomic E-state index is 0.768. The van der Waals surface area contributed by atoms with Crippen LogP contribution in [0, 0.1) is 0 Å². The Morgan fingerprint density at radius 1 is 0.667 bits per heavy atom. The molecule has 0 atom stereocenters. The molecule has 0 saturated carbocycles. The van der Waals surface area contributed by atoms with Crippen LogP contribution in [0.1, 0.15) is 11.1 Å². The second-order valence-electron chi connectivity index (χ2n) is 7.20. The van der Waals surface area contributed by atoms with Crippen molar-refractivity contribution in [1.29, 1.82) is 0 Å². The SMILES string of the molecule is Clc1ccc(CCNc2ccc3c(NCCc4ccc(Cl)cc4)ccnc3c2)cc1. The number of hydrogen-bond acceptors (Lipinski definition) is 3. The lowest BCUT2D eigenvalue weighted by Crippen LogP contribution is -2.06. The molecule has 1 heterocycles. The number of rotatable bonds is 8. The van der Waals surface area contributed by atoms with Crippen molar-refractivity contribution in [2.24, 2.45) is 0 Å². The summed E-state index contributed by atoms with van der Waals surface area (Å²) in [5, 5.41) is 9.68. The van der Waals surface area contributed by atoms with E-state index in [0.29, 0.717) is 0 Å². The molecule has 0 amide bonds. The molecule has 152 valence electrons. The summed E-state index contributed by atoms with van der Waals surface area (Å²) in [7, 11) is 0. The molecule has 30 heavy (non-hydrogen) atoms. The molecule has 2 N–H and O–H groups in total. The number of halogens is 2. The average Bonchev–Trinajstić information content (AvgIpc) is 2.76. The number of pyridine rings is 1. The van der Waals surface area contributed by atoms with E-state index in [9.17, 15) is 0 Å². The van der Waals surface area contributed by atoms with E-state index in [1.807, 2.05) is 36.5 Å². The average molecular weight is 436 g/mol. The summed E-state index contributed by atoms with van der Waals surface area (Å²) < 4.78 is 0. The molecule has 1 aromatic heterocycles. The summed E-state index contributed by atoms with van der Waals surface area (Å²) in [6.07, 6.45) is 3.73. The van der Waals surface area contributed by atoms with Crippen LogP contribution in [0.3, 0.4) is 0 Å². The van der Waals surface area contributed by atoms with Crippen LogP contribution >= 0.6 is 23.2 Å². The molecule has 3 nitrogen and oxygen atoms in total. The highest BCUT2D eigenvalue weighted by molar-refractivity contribution is 6.30. The fraction of sp³-hybridized carbons (Fsp3) is 0.160. The van der Waals surface area contributed by atoms with E-state index in [1.165, 1.54) is 11.1 Å². The fourth-order valence-electron chi connectivity index (χ4n) is 3.41. The molecule has 0 fully saturated rings. The highest BCUT2D eigenvalue weighted by atomic mass is 35.5. The molecular weight excluding hydrogens is 413 g/mol. The van der Waals surface area contributed by atoms with Gasteiger partial charge in [0, 0.05) is 46.1 Å². The molecule has 0 radical (unpaired) electrons. The summed E-state index contributed by atoms with van der Waals surface area (Å²) in [5.41, 5.74) is 5.67. The van der Waals surface area contributed by atoms with Gasteiger partial charge in [0.1, 0.15) is 0 Å². The van der Waals surface area contributed by atoms with Crippen LogP contribution in [0.5, 0.6) is 0 Å². The second kappa shape index (κ2) is 9.84. The van der Waals surface area contributed by atoms with Gasteiger partial charge in [0.15, 0.2) is 0 Å². The van der Waals surface area contributed by atoms with Crippen LogP contribution < -0.4 is 10.6 Å². The normalized spacial score (nSPS) is 10.9. The van der Waals surface area contributed by atoms with Crippen molar-refractivity contribution in [3.8, 4) is 0 Å². The zero-order valence-electron chi connectivity index (χ0n) is 16.5. The topological polar surface area (TPSA) is 37.0 Å². The molecule has 0 unspecified atom stereocenters. The summed E-state index contributed by atoms with van der Waals surface area (Å²) in [5.74, 6) is 0. The van der Waals surface area contributed by atoms with Gasteiger partial charge < -0.3 is 10.6 Å². The van der Waals surface area contributed by atoms with Crippen LogP contribution in [-0.2, 0) is 12.8 Å². The van der Waals surface area contributed by atoms with E-state index in [1.54, 1.807) is 0 Å². The molecule has 4 aromatic rings. The zero-order chi connectivity index (χ0) is 20.8. The Morgan fingerprint density at radius 2 is 1.27 bits per heavy atom. The molecule has 0 spiro atoms. The number of anilines is 2. The predicted octanol–water partition coefficient (Wildman–Crippen LogP) is 6.85. The lowest BCUT2D eigenvalue weighted by molar-refractivity contribution is 1.02. The Balaban J connectivity index is 1.36. The first kappa shape index (κ1) is 20.5. The van der Waals surface area contributed by atoms with Crippen LogP contribution in [0.25, 0.3) is 10.9 Å². The minimum absolute atomic E-state index is 0.768. The lowest BCUT2D eigenvalue weighted by Gasteiger charge is -2.12. The van der Waals surface area contributed by atoms with E-state index < -0.39 is 0 Å². The van der Waals surface area contributed by atoms with Crippen molar-refractivity contribution < 1.29 is 0 Å². The van der Waals surface area contributed by atoms with Crippen molar-refractivity contribution in [2.45, 2.75) is 12.8 Å². The van der Waals surface area contributed by atoms with Gasteiger partial charge in [0.2, 0.25) is 0 Å². The number of aromatic nitrogens is 1. The fourth-order valence-corrected chi connectivity index (χ4v) is 3.66. The summed E-state index contributed by atoms with van der Waals surface area (Å²) in [4.78, 5) is 4.55. The Labute approximate surface area is 187 Å². The molecule has 0 bridgehead atoms. The van der Waals surface area contributed by atoms with E-state index in [4.69, 9.17) is 23.2 Å². The van der Waals surface area contributed by atoms with Crippen molar-refractivity contribution in [3.63, 3.8) is 0 Å². The van der Waals surface area contributed by atoms with Crippen LogP contribution in [-0.4, -0.2) is 18.1 Å². The second-order valence-corrected chi connectivity index (χ2v) is 8.07. The number of benzene rings is 3. The highest BCUT2D eigenvalue weighted by Crippen LogP contribution is 2.24. The van der Waals surface area contributed by atoms with Crippen LogP contribution in [0.4, 0.5) is 11.4 Å². The largest absolute Gasteiger partial charge is 0.385 e. The third-order valence-corrected chi connectivity index (χ3v) is 5.55. The molecule has 0 saturated heterocycles. The van der Waals surface area contributed by atoms with Gasteiger partial charge in [-0.3, -0.25) is 4.98 Å². The number of nitrogens with zero attached hydrogens (tertiary/aromatic N) is 1. The Bertz CT molecular complexity index is 1110. The van der Waals surface area contributed by atoms with Crippen molar-refractivity contribution in [2.75, 3.05) is 23.7 Å². The zero-order valence-corrected chi connectivity index (χ0v) is 18.0. The molecule has 0 aliphatic rings. The Hall–Kier alpha value is -2.75. The number of fused-ring (bicyclic) bond motifs is 1. The van der Waals surface area contributed by atoms with E-state index >= 15 is 0 Å². The van der Waals surface area contributed by atoms with Gasteiger partial charge in [-0.05, 0) is 72.5 Å². The van der Waals surface area contributed by atoms with Gasteiger partial charge in [-0.2, -0.15) is 0 Å². The van der Waals surface area contributed by atoms with Crippen LogP contribution in [0.15, 0.2) is 79.0 Å². The van der Waals surface area contributed by atoms with E-state index in [0.717, 1.165) is 58.3 Å². The van der Waals surface area contributed by atoms with Crippen LogP contribution in [0.2, 0.25) is 10.0 Å². The quantitative estimate of drug-likeness (QED) is 0.317. The first-order valence-electron chi connectivity index (χ1n) is 10.0. The van der Waals surface area contributed by atoms with Gasteiger partial charge in [-0.15, -0.1) is 0 Å². The number of hydrogen-bond donors (Lipinski definition) is 2. The van der Waals surface area contributed by atoms with Gasteiger partial charge in [0.25, 0.3) is 0 Å². The molecular formula is C25H23Cl2N3. The maximum absolute atomic E-state index is 5.96. The van der Waals surface area contributed by atoms with E-state index in [2.05, 4.69) is 58.1 Å². The lowest BCUT2D eigenvalue weighted by atomic mass is 10.1. The molecule has 0 aliphatic carbocycles. The number of nitrogens with one attached hydrogen (secondary N) is 2. The third kappa shape index (κ3) is 5.44. The maximum Gasteiger partial charge on any atom is 0.0743 e. The smallest absolute Gasteiger partial charge is 0.0743 e. The monoisotopic (exact) mass is 435 g/mol. The van der Waals surface area contributed by atoms with Gasteiger partial charge >= 0.3 is 0 Å². The van der Waals surface area contributed by atoms with Gasteiger partial charge in [-0.1, -0.05) is 47.5 Å². The van der Waals surface area contributed by atoms with Crippen molar-refractivity contribution in [1.82, 2.24) is 4.98 Å². The van der Waals surface area contributed by atoms with Gasteiger partial charge in [-0.25, -0.2) is 0 Å². The summed E-state index contributed by atoms with van der Waals surface area (Å²) in [6.45, 7) is 1.70. The third-order valence-electron chi connectivity index (χ3n) is 5.04. The first-order valence-corrected chi connectivity index (χ1v) is 10.8. The van der Waals surface area contributed by atoms with Crippen molar-refractivity contribution in [3.05, 3.63) is 100 Å². The highest BCUT2D eigenvalue weighted by Gasteiger charge is 2.04.